The second kappa shape index (κ2) is 30.9. The van der Waals surface area contributed by atoms with Gasteiger partial charge in [-0.15, -0.1) is 0 Å². The van der Waals surface area contributed by atoms with Gasteiger partial charge in [0.15, 0.2) is 41.8 Å². The quantitative estimate of drug-likeness (QED) is 0.0358. The van der Waals surface area contributed by atoms with E-state index in [0.717, 1.165) is 18.9 Å². The maximum atomic E-state index is 14.4. The first-order chi connectivity index (χ1) is 40.5. The van der Waals surface area contributed by atoms with Gasteiger partial charge in [0, 0.05) is 49.2 Å². The number of allylic oxidation sites excluding steroid dienone is 3. The number of alkyl carbamates (subject to hydrolysis) is 1. The normalized spacial score (nSPS) is 35.7. The minimum absolute atomic E-state index is 0.0102. The number of thioether (sulfide) groups is 1. The maximum Gasteiger partial charge on any atom is 0.411 e. The Morgan fingerprint density at radius 1 is 0.847 bits per heavy atom. The number of hydrogen-bond acceptors (Lipinski definition) is 26. The third kappa shape index (κ3) is 15.9. The molecule has 27 heteroatoms. The molecule has 0 radical (unpaired) electrons. The molecule has 1 amide bonds. The number of Topliss-reactive ketones (excluding diaryl/α,β-unsaturated/α-hetero) is 1. The number of benzene rings is 1. The number of nitrogens with one attached hydrogen (secondary N) is 3. The lowest BCUT2D eigenvalue weighted by Gasteiger charge is -2.46. The van der Waals surface area contributed by atoms with Gasteiger partial charge in [0.05, 0.1) is 93.5 Å². The van der Waals surface area contributed by atoms with E-state index in [1.807, 2.05) is 20.8 Å². The lowest BCUT2D eigenvalue weighted by molar-refractivity contribution is -0.336. The molecule has 4 saturated heterocycles. The van der Waals surface area contributed by atoms with Crippen molar-refractivity contribution in [2.45, 2.75) is 195 Å². The highest BCUT2D eigenvalue weighted by Crippen LogP contribution is 2.48. The monoisotopic (exact) mass is 1250 g/mol. The Balaban J connectivity index is 1.12. The van der Waals surface area contributed by atoms with E-state index >= 15 is 0 Å². The standard InChI is InChI=1S/C58H81N3O21S3/c1-14-59-34-26-75-39(24-38(34)70-9)80-51-46(65)43(30(6)77-56(51)79-37-19-17-15-16-18-21-58(69)25-36(63)44(60-57(68)74-13)42(37)33(58)20-22-83-85-27(2)3)61-82-40-23-35(62)53(32(8)76-40)84-54(67)41-28(4)29(5)48(52(73-12)49(41)71-10)81-55-47(66)50(72-11)45(64)31(7)78-55/h15-16,20,27,30-32,34-35,37-40,43,45-47,50-51,53,55-56,59,61-62,64-66,69H,14,22-26H2,1-13H3,(H,60,68)/b16-15-,33-20+/t30-,31+,32-,34+,35+,37+,38+,39+,40+,43-,45+,46+,47-,50-,51-,53-,55+,56+,58+/m1/s1. The number of carbonyl (C=O) groups is 3. The molecule has 0 saturated carbocycles. The van der Waals surface area contributed by atoms with Gasteiger partial charge in [-0.05, 0) is 64.4 Å². The molecule has 4 aliphatic heterocycles. The molecule has 1 aromatic rings. The predicted octanol–water partition coefficient (Wildman–Crippen LogP) is 3.03. The van der Waals surface area contributed by atoms with Crippen molar-refractivity contribution in [1.29, 1.82) is 0 Å². The van der Waals surface area contributed by atoms with Gasteiger partial charge >= 0.3 is 6.09 Å². The van der Waals surface area contributed by atoms with Gasteiger partial charge in [-0.1, -0.05) is 83.9 Å². The fourth-order valence-corrected chi connectivity index (χ4v) is 13.8. The summed E-state index contributed by atoms with van der Waals surface area (Å²) in [6.45, 7) is 15.2. The van der Waals surface area contributed by atoms with E-state index in [1.54, 1.807) is 58.6 Å². The second-order valence-corrected chi connectivity index (χ2v) is 25.4. The number of aliphatic hydroxyl groups excluding tert-OH is 4. The number of hydroxylamine groups is 1. The molecule has 0 aromatic heterocycles. The van der Waals surface area contributed by atoms with Gasteiger partial charge in [-0.25, -0.2) is 4.79 Å². The van der Waals surface area contributed by atoms with Gasteiger partial charge in [-0.2, -0.15) is 5.48 Å². The summed E-state index contributed by atoms with van der Waals surface area (Å²) in [6, 6.07) is -1.27. The highest BCUT2D eigenvalue weighted by atomic mass is 33.1. The molecule has 472 valence electrons. The average molecular weight is 1250 g/mol. The fraction of sp³-hybridized carbons (Fsp3) is 0.672. The van der Waals surface area contributed by atoms with Crippen LogP contribution in [0.25, 0.3) is 0 Å². The van der Waals surface area contributed by atoms with Crippen LogP contribution in [0.2, 0.25) is 0 Å². The molecular weight excluding hydrogens is 1170 g/mol. The first kappa shape index (κ1) is 68.5. The van der Waals surface area contributed by atoms with Crippen molar-refractivity contribution in [2.75, 3.05) is 54.5 Å². The summed E-state index contributed by atoms with van der Waals surface area (Å²) < 4.78 is 72.2. The van der Waals surface area contributed by atoms with Crippen LogP contribution in [0, 0.1) is 37.5 Å². The lowest BCUT2D eigenvalue weighted by atomic mass is 9.75. The number of hydrogen-bond donors (Lipinski definition) is 8. The topological polar surface area (TPSA) is 308 Å². The van der Waals surface area contributed by atoms with Crippen molar-refractivity contribution >= 4 is 50.3 Å². The van der Waals surface area contributed by atoms with Crippen LogP contribution in [0.3, 0.4) is 0 Å². The van der Waals surface area contributed by atoms with Crippen molar-refractivity contribution in [3.05, 3.63) is 51.8 Å². The largest absolute Gasteiger partial charge is 0.492 e. The summed E-state index contributed by atoms with van der Waals surface area (Å²) in [6.07, 6.45) is -13.7. The SMILES string of the molecule is CCN[C@H]1CO[C@@H](O[C@H]2[C@H](O[C@H]3C#C/C=C\C#C[C@]4(O)CC(=O)C(NC(=O)OC)=C3/C4=C\CSSC(C)C)O[C@H](C)[C@@H](NO[C@H]3C[C@H](O)[C@H](SC(=O)c4c(C)c(C)c(O[C@@H]5O[C@@H](C)[C@H](O)[C@@H](OC)[C@H]5O)c(OC)c4OC)[C@@H](C)O3)[C@@H]2O)C[C@@H]1OC. The van der Waals surface area contributed by atoms with Gasteiger partial charge in [0.2, 0.25) is 17.2 Å². The average Bonchev–Trinajstić information content (AvgIpc) is 1.33. The van der Waals surface area contributed by atoms with Crippen molar-refractivity contribution in [3.63, 3.8) is 0 Å². The zero-order valence-electron chi connectivity index (χ0n) is 49.9. The van der Waals surface area contributed by atoms with E-state index in [-0.39, 0.29) is 76.5 Å². The van der Waals surface area contributed by atoms with Crippen LogP contribution in [0.1, 0.15) is 82.3 Å². The molecule has 4 heterocycles. The Bertz CT molecular complexity index is 2740. The Kier molecular flexibility index (Phi) is 24.9. The number of amides is 1. The molecule has 24 nitrogen and oxygen atoms in total. The highest BCUT2D eigenvalue weighted by molar-refractivity contribution is 8.77. The summed E-state index contributed by atoms with van der Waals surface area (Å²) in [5, 5.41) is 63.1. The van der Waals surface area contributed by atoms with E-state index in [4.69, 9.17) is 61.7 Å². The van der Waals surface area contributed by atoms with Gasteiger partial charge in [0.25, 0.3) is 0 Å². The molecule has 0 spiro atoms. The smallest absolute Gasteiger partial charge is 0.411 e. The Morgan fingerprint density at radius 2 is 1.56 bits per heavy atom. The van der Waals surface area contributed by atoms with Crippen LogP contribution in [0.15, 0.2) is 35.1 Å². The molecule has 2 bridgehead atoms. The first-order valence-electron chi connectivity index (χ1n) is 28.0. The molecule has 19 atom stereocenters. The number of ether oxygens (including phenoxy) is 12. The number of carbonyl (C=O) groups excluding carboxylic acids is 3. The number of ketones is 1. The van der Waals surface area contributed by atoms with Gasteiger partial charge < -0.3 is 87.7 Å². The minimum atomic E-state index is -2.06. The van der Waals surface area contributed by atoms with Gasteiger partial charge in [-0.3, -0.25) is 19.7 Å². The van der Waals surface area contributed by atoms with Crippen LogP contribution in [-0.2, 0) is 52.3 Å². The summed E-state index contributed by atoms with van der Waals surface area (Å²) in [7, 11) is 9.91. The Labute approximate surface area is 508 Å². The fourth-order valence-electron chi connectivity index (χ4n) is 10.8. The Morgan fingerprint density at radius 3 is 2.22 bits per heavy atom. The number of fused-ring (bicyclic) bond motifs is 2. The molecular formula is C58H81N3O21S3. The summed E-state index contributed by atoms with van der Waals surface area (Å²) >= 11 is 0.833. The van der Waals surface area contributed by atoms with Crippen molar-refractivity contribution in [1.82, 2.24) is 16.1 Å². The summed E-state index contributed by atoms with van der Waals surface area (Å²) in [5.74, 6) is 11.4. The van der Waals surface area contributed by atoms with Gasteiger partial charge in [0.1, 0.15) is 36.6 Å². The zero-order chi connectivity index (χ0) is 62.0. The summed E-state index contributed by atoms with van der Waals surface area (Å²) in [5.41, 5.74) is 1.80. The van der Waals surface area contributed by atoms with E-state index in [2.05, 4.69) is 39.8 Å². The third-order valence-corrected chi connectivity index (χ3v) is 19.5. The predicted molar refractivity (Wildman–Crippen MR) is 313 cm³/mol. The second-order valence-electron chi connectivity index (χ2n) is 21.3. The number of rotatable bonds is 22. The first-order valence-corrected chi connectivity index (χ1v) is 31.3. The molecule has 0 unspecified atom stereocenters. The molecule has 4 fully saturated rings. The van der Waals surface area contributed by atoms with Crippen molar-refractivity contribution < 1.29 is 102 Å². The number of methoxy groups -OCH3 is 5. The molecule has 2 aliphatic carbocycles. The minimum Gasteiger partial charge on any atom is -0.492 e. The number of aliphatic hydroxyl groups is 5. The molecule has 8 N–H and O–H groups in total. The Hall–Kier alpha value is -4.02. The van der Waals surface area contributed by atoms with Crippen molar-refractivity contribution in [3.8, 4) is 40.9 Å². The van der Waals surface area contributed by atoms with Crippen molar-refractivity contribution in [2.24, 2.45) is 0 Å². The van der Waals surface area contributed by atoms with E-state index in [1.165, 1.54) is 44.3 Å². The van der Waals surface area contributed by atoms with Crippen LogP contribution < -0.4 is 30.3 Å². The molecule has 1 aromatic carbocycles. The van der Waals surface area contributed by atoms with Crippen LogP contribution >= 0.6 is 33.3 Å². The van der Waals surface area contributed by atoms with Crippen LogP contribution in [0.5, 0.6) is 17.2 Å². The number of likely N-dealkylation sites (N-methyl/N-ethyl adjacent to an activating group) is 1. The molecule has 85 heavy (non-hydrogen) atoms. The van der Waals surface area contributed by atoms with E-state index in [9.17, 15) is 39.9 Å². The van der Waals surface area contributed by atoms with Crippen LogP contribution in [0.4, 0.5) is 4.79 Å². The third-order valence-electron chi connectivity index (χ3n) is 15.3. The zero-order valence-corrected chi connectivity index (χ0v) is 52.4. The molecule has 7 rings (SSSR count). The maximum absolute atomic E-state index is 14.4. The highest BCUT2D eigenvalue weighted by Gasteiger charge is 2.52. The van der Waals surface area contributed by atoms with Crippen LogP contribution in [-0.4, -0.2) is 217 Å². The van der Waals surface area contributed by atoms with E-state index < -0.39 is 127 Å². The lowest BCUT2D eigenvalue weighted by Crippen LogP contribution is -2.65. The summed E-state index contributed by atoms with van der Waals surface area (Å²) in [4.78, 5) is 47.7. The molecule has 6 aliphatic rings. The van der Waals surface area contributed by atoms with E-state index in [0.29, 0.717) is 23.4 Å².